The fourth-order valence-electron chi connectivity index (χ4n) is 2.64. The number of rotatable bonds is 5. The Bertz CT molecular complexity index is 769. The van der Waals surface area contributed by atoms with Crippen molar-refractivity contribution in [1.82, 2.24) is 5.32 Å². The quantitative estimate of drug-likeness (QED) is 0.748. The summed E-state index contributed by atoms with van der Waals surface area (Å²) in [7, 11) is -1.42. The van der Waals surface area contributed by atoms with Crippen LogP contribution in [-0.2, 0) is 15.7 Å². The Morgan fingerprint density at radius 3 is 2.57 bits per heavy atom. The van der Waals surface area contributed by atoms with Gasteiger partial charge in [0, 0.05) is 36.6 Å². The van der Waals surface area contributed by atoms with E-state index in [-0.39, 0.29) is 11.9 Å². The molecule has 0 radical (unpaired) electrons. The van der Waals surface area contributed by atoms with Crippen LogP contribution in [0.5, 0.6) is 0 Å². The number of nitrogens with zero attached hydrogens (tertiary/aromatic N) is 2. The van der Waals surface area contributed by atoms with Gasteiger partial charge >= 0.3 is 6.09 Å². The SMILES string of the molecule is CC(C)(C)OC(=O)NCC1CCN1c1ccc(F)cc1/C=N/[S@](=O)C(C)(C)C. The summed E-state index contributed by atoms with van der Waals surface area (Å²) < 4.78 is 34.8. The van der Waals surface area contributed by atoms with E-state index in [0.717, 1.165) is 18.7 Å². The molecule has 1 saturated heterocycles. The van der Waals surface area contributed by atoms with Crippen LogP contribution >= 0.6 is 0 Å². The van der Waals surface area contributed by atoms with Crippen molar-refractivity contribution in [3.8, 4) is 0 Å². The van der Waals surface area contributed by atoms with Gasteiger partial charge in [-0.25, -0.2) is 13.4 Å². The number of alkyl carbamates (subject to hydrolysis) is 1. The molecule has 1 aromatic rings. The first-order valence-corrected chi connectivity index (χ1v) is 10.5. The van der Waals surface area contributed by atoms with E-state index >= 15 is 0 Å². The molecule has 28 heavy (non-hydrogen) atoms. The zero-order valence-corrected chi connectivity index (χ0v) is 18.2. The van der Waals surface area contributed by atoms with Crippen molar-refractivity contribution in [2.45, 2.75) is 64.4 Å². The second-order valence-corrected chi connectivity index (χ2v) is 10.8. The molecule has 2 atom stereocenters. The summed E-state index contributed by atoms with van der Waals surface area (Å²) in [5.41, 5.74) is 0.824. The molecular weight excluding hydrogens is 381 g/mol. The number of carbonyl (C=O) groups excluding carboxylic acids is 1. The Morgan fingerprint density at radius 1 is 1.36 bits per heavy atom. The lowest BCUT2D eigenvalue weighted by atomic mass is 9.99. The number of hydrogen-bond donors (Lipinski definition) is 1. The number of amides is 1. The van der Waals surface area contributed by atoms with Gasteiger partial charge in [0.05, 0.1) is 4.75 Å². The molecule has 0 bridgehead atoms. The van der Waals surface area contributed by atoms with Gasteiger partial charge in [-0.2, -0.15) is 4.40 Å². The average Bonchev–Trinajstić information content (AvgIpc) is 2.51. The molecule has 1 N–H and O–H groups in total. The van der Waals surface area contributed by atoms with E-state index in [1.165, 1.54) is 18.3 Å². The van der Waals surface area contributed by atoms with Crippen LogP contribution in [0.4, 0.5) is 14.9 Å². The fourth-order valence-corrected chi connectivity index (χ4v) is 3.16. The van der Waals surface area contributed by atoms with Gasteiger partial charge in [-0.15, -0.1) is 0 Å². The number of hydrogen-bond acceptors (Lipinski definition) is 4. The standard InChI is InChI=1S/C20H30FN3O3S/c1-19(2,3)27-18(25)22-13-16-9-10-24(16)17-8-7-15(21)11-14(17)12-23-28(26)20(4,5)6/h7-8,11-12,16H,9-10,13H2,1-6H3,(H,22,25)/b23-12+/t16?,28-/m1/s1. The molecule has 1 heterocycles. The van der Waals surface area contributed by atoms with Crippen molar-refractivity contribution in [1.29, 1.82) is 0 Å². The second-order valence-electron chi connectivity index (χ2n) is 8.82. The summed E-state index contributed by atoms with van der Waals surface area (Å²) in [5, 5.41) is 2.78. The first-order chi connectivity index (χ1) is 12.9. The van der Waals surface area contributed by atoms with Crippen molar-refractivity contribution in [2.24, 2.45) is 4.40 Å². The predicted molar refractivity (Wildman–Crippen MR) is 112 cm³/mol. The van der Waals surface area contributed by atoms with E-state index in [2.05, 4.69) is 14.6 Å². The minimum atomic E-state index is -1.42. The highest BCUT2D eigenvalue weighted by Crippen LogP contribution is 2.29. The fraction of sp³-hybridized carbons (Fsp3) is 0.600. The summed E-state index contributed by atoms with van der Waals surface area (Å²) >= 11 is 0. The molecular formula is C20H30FN3O3S. The molecule has 8 heteroatoms. The largest absolute Gasteiger partial charge is 0.444 e. The van der Waals surface area contributed by atoms with Crippen LogP contribution < -0.4 is 10.2 Å². The van der Waals surface area contributed by atoms with E-state index in [9.17, 15) is 13.4 Å². The van der Waals surface area contributed by atoms with Crippen LogP contribution in [0.25, 0.3) is 0 Å². The predicted octanol–water partition coefficient (Wildman–Crippen LogP) is 3.81. The van der Waals surface area contributed by atoms with E-state index in [0.29, 0.717) is 12.1 Å². The molecule has 1 aliphatic rings. The zero-order chi connectivity index (χ0) is 21.1. The molecule has 1 aromatic carbocycles. The molecule has 0 aliphatic carbocycles. The number of anilines is 1. The van der Waals surface area contributed by atoms with Crippen LogP contribution in [0.15, 0.2) is 22.6 Å². The molecule has 1 fully saturated rings. The minimum Gasteiger partial charge on any atom is -0.444 e. The summed E-state index contributed by atoms with van der Waals surface area (Å²) in [6, 6.07) is 4.55. The maximum Gasteiger partial charge on any atom is 0.407 e. The van der Waals surface area contributed by atoms with Gasteiger partial charge in [0.1, 0.15) is 22.4 Å². The van der Waals surface area contributed by atoms with Crippen molar-refractivity contribution in [2.75, 3.05) is 18.0 Å². The maximum absolute atomic E-state index is 13.8. The number of benzene rings is 1. The van der Waals surface area contributed by atoms with Crippen molar-refractivity contribution < 1.29 is 18.1 Å². The summed E-state index contributed by atoms with van der Waals surface area (Å²) in [6.45, 7) is 12.2. The van der Waals surface area contributed by atoms with Crippen LogP contribution in [0.3, 0.4) is 0 Å². The molecule has 2 rings (SSSR count). The highest BCUT2D eigenvalue weighted by atomic mass is 32.2. The first-order valence-electron chi connectivity index (χ1n) is 9.36. The van der Waals surface area contributed by atoms with Crippen LogP contribution in [0.2, 0.25) is 0 Å². The highest BCUT2D eigenvalue weighted by Gasteiger charge is 2.30. The second kappa shape index (κ2) is 8.59. The number of carbonyl (C=O) groups is 1. The molecule has 0 spiro atoms. The lowest BCUT2D eigenvalue weighted by Crippen LogP contribution is -2.54. The van der Waals surface area contributed by atoms with E-state index in [1.807, 2.05) is 41.5 Å². The van der Waals surface area contributed by atoms with E-state index in [4.69, 9.17) is 4.74 Å². The van der Waals surface area contributed by atoms with Crippen molar-refractivity contribution >= 4 is 29.0 Å². The summed E-state index contributed by atoms with van der Waals surface area (Å²) in [6.07, 6.45) is 1.91. The van der Waals surface area contributed by atoms with Crippen molar-refractivity contribution in [3.63, 3.8) is 0 Å². The molecule has 0 aromatic heterocycles. The van der Waals surface area contributed by atoms with Crippen molar-refractivity contribution in [3.05, 3.63) is 29.6 Å². The van der Waals surface area contributed by atoms with Gasteiger partial charge in [0.25, 0.3) is 0 Å². The Labute approximate surface area is 169 Å². The lowest BCUT2D eigenvalue weighted by Gasteiger charge is -2.43. The molecule has 0 saturated carbocycles. The van der Waals surface area contributed by atoms with Gasteiger partial charge in [0.15, 0.2) is 0 Å². The Hall–Kier alpha value is -1.96. The number of ether oxygens (including phenoxy) is 1. The summed E-state index contributed by atoms with van der Waals surface area (Å²) in [4.78, 5) is 14.0. The highest BCUT2D eigenvalue weighted by molar-refractivity contribution is 7.85. The third-order valence-electron chi connectivity index (χ3n) is 4.14. The van der Waals surface area contributed by atoms with Crippen LogP contribution in [0.1, 0.15) is 53.5 Å². The van der Waals surface area contributed by atoms with E-state index < -0.39 is 27.4 Å². The van der Waals surface area contributed by atoms with E-state index in [1.54, 1.807) is 6.07 Å². The van der Waals surface area contributed by atoms with Gasteiger partial charge < -0.3 is 15.0 Å². The molecule has 1 amide bonds. The third kappa shape index (κ3) is 6.29. The smallest absolute Gasteiger partial charge is 0.407 e. The zero-order valence-electron chi connectivity index (χ0n) is 17.4. The summed E-state index contributed by atoms with van der Waals surface area (Å²) in [5.74, 6) is -0.379. The molecule has 1 unspecified atom stereocenters. The van der Waals surface area contributed by atoms with Gasteiger partial charge in [-0.1, -0.05) is 0 Å². The first kappa shape index (κ1) is 22.3. The number of nitrogens with one attached hydrogen (secondary N) is 1. The Morgan fingerprint density at radius 2 is 2.04 bits per heavy atom. The Balaban J connectivity index is 2.09. The third-order valence-corrected chi connectivity index (χ3v) is 5.48. The molecule has 6 nitrogen and oxygen atoms in total. The van der Waals surface area contributed by atoms with Gasteiger partial charge in [-0.3, -0.25) is 0 Å². The van der Waals surface area contributed by atoms with Crippen LogP contribution in [-0.4, -0.2) is 46.0 Å². The average molecular weight is 412 g/mol. The lowest BCUT2D eigenvalue weighted by molar-refractivity contribution is 0.0521. The monoisotopic (exact) mass is 411 g/mol. The van der Waals surface area contributed by atoms with Gasteiger partial charge in [-0.05, 0) is 66.2 Å². The van der Waals surface area contributed by atoms with Gasteiger partial charge in [0.2, 0.25) is 0 Å². The molecule has 156 valence electrons. The maximum atomic E-state index is 13.8. The Kier molecular flexibility index (Phi) is 6.85. The number of halogens is 1. The van der Waals surface area contributed by atoms with Crippen LogP contribution in [0, 0.1) is 5.82 Å². The topological polar surface area (TPSA) is 71.0 Å². The minimum absolute atomic E-state index is 0.0817. The molecule has 1 aliphatic heterocycles. The normalized spacial score (nSPS) is 18.7.